The van der Waals surface area contributed by atoms with Crippen LogP contribution in [0, 0.1) is 0 Å². The summed E-state index contributed by atoms with van der Waals surface area (Å²) in [7, 11) is 0. The Hall–Kier alpha value is -0.880. The zero-order valence-electron chi connectivity index (χ0n) is 8.19. The zero-order valence-corrected chi connectivity index (χ0v) is 11.4. The SMILES string of the molecule is O=c1c(OCCBr)cnc2ccc(Br)cn12. The fraction of sp³-hybridized carbons (Fsp3) is 0.200. The maximum atomic E-state index is 11.9. The first-order valence-corrected chi connectivity index (χ1v) is 6.49. The van der Waals surface area contributed by atoms with E-state index in [2.05, 4.69) is 36.8 Å². The van der Waals surface area contributed by atoms with Crippen LogP contribution in [0.4, 0.5) is 0 Å². The fourth-order valence-corrected chi connectivity index (χ4v) is 1.78. The molecule has 0 bridgehead atoms. The van der Waals surface area contributed by atoms with Gasteiger partial charge < -0.3 is 4.74 Å². The van der Waals surface area contributed by atoms with E-state index in [9.17, 15) is 4.79 Å². The number of nitrogens with zero attached hydrogens (tertiary/aromatic N) is 2. The lowest BCUT2D eigenvalue weighted by Gasteiger charge is -2.05. The van der Waals surface area contributed by atoms with E-state index in [1.165, 1.54) is 10.6 Å². The van der Waals surface area contributed by atoms with Crippen molar-refractivity contribution in [3.8, 4) is 5.75 Å². The average Bonchev–Trinajstić information content (AvgIpc) is 2.29. The number of alkyl halides is 1. The second kappa shape index (κ2) is 4.97. The normalized spacial score (nSPS) is 10.6. The predicted octanol–water partition coefficient (Wildman–Crippen LogP) is 2.23. The highest BCUT2D eigenvalue weighted by Gasteiger charge is 2.05. The van der Waals surface area contributed by atoms with Crippen molar-refractivity contribution in [2.45, 2.75) is 0 Å². The number of rotatable bonds is 3. The number of fused-ring (bicyclic) bond motifs is 1. The third-order valence-electron chi connectivity index (χ3n) is 1.97. The Morgan fingerprint density at radius 3 is 3.00 bits per heavy atom. The highest BCUT2D eigenvalue weighted by molar-refractivity contribution is 9.10. The van der Waals surface area contributed by atoms with Crippen molar-refractivity contribution in [2.75, 3.05) is 11.9 Å². The van der Waals surface area contributed by atoms with Crippen LogP contribution in [0.25, 0.3) is 5.65 Å². The summed E-state index contributed by atoms with van der Waals surface area (Å²) in [5.74, 6) is 0.259. The van der Waals surface area contributed by atoms with E-state index in [0.717, 1.165) is 4.47 Å². The van der Waals surface area contributed by atoms with Crippen LogP contribution < -0.4 is 10.3 Å². The van der Waals surface area contributed by atoms with Crippen LogP contribution in [0.5, 0.6) is 5.75 Å². The molecule has 0 aliphatic carbocycles. The number of ether oxygens (including phenoxy) is 1. The molecule has 2 rings (SSSR count). The highest BCUT2D eigenvalue weighted by Crippen LogP contribution is 2.10. The largest absolute Gasteiger partial charge is 0.486 e. The van der Waals surface area contributed by atoms with Gasteiger partial charge in [-0.1, -0.05) is 15.9 Å². The van der Waals surface area contributed by atoms with Gasteiger partial charge in [0.05, 0.1) is 12.8 Å². The van der Waals surface area contributed by atoms with Gasteiger partial charge in [-0.3, -0.25) is 9.20 Å². The Labute approximate surface area is 109 Å². The van der Waals surface area contributed by atoms with Crippen LogP contribution in [0.1, 0.15) is 0 Å². The summed E-state index contributed by atoms with van der Waals surface area (Å²) >= 11 is 6.54. The Morgan fingerprint density at radius 2 is 2.25 bits per heavy atom. The maximum Gasteiger partial charge on any atom is 0.300 e. The number of pyridine rings is 1. The maximum absolute atomic E-state index is 11.9. The molecule has 0 saturated carbocycles. The van der Waals surface area contributed by atoms with Crippen LogP contribution in [-0.2, 0) is 0 Å². The highest BCUT2D eigenvalue weighted by atomic mass is 79.9. The van der Waals surface area contributed by atoms with Gasteiger partial charge in [-0.05, 0) is 28.1 Å². The van der Waals surface area contributed by atoms with Gasteiger partial charge in [0.15, 0.2) is 0 Å². The van der Waals surface area contributed by atoms with E-state index in [4.69, 9.17) is 4.74 Å². The summed E-state index contributed by atoms with van der Waals surface area (Å²) in [5.41, 5.74) is 0.395. The van der Waals surface area contributed by atoms with E-state index < -0.39 is 0 Å². The summed E-state index contributed by atoms with van der Waals surface area (Å²) in [4.78, 5) is 16.1. The molecule has 0 fully saturated rings. The minimum absolute atomic E-state index is 0.202. The van der Waals surface area contributed by atoms with E-state index >= 15 is 0 Å². The van der Waals surface area contributed by atoms with Crippen molar-refractivity contribution in [2.24, 2.45) is 0 Å². The molecule has 84 valence electrons. The summed E-state index contributed by atoms with van der Waals surface area (Å²) in [6, 6.07) is 3.60. The molecular weight excluding hydrogens is 340 g/mol. The van der Waals surface area contributed by atoms with Crippen LogP contribution in [0.2, 0.25) is 0 Å². The third-order valence-corrected chi connectivity index (χ3v) is 2.76. The number of aromatic nitrogens is 2. The minimum atomic E-state index is -0.202. The summed E-state index contributed by atoms with van der Waals surface area (Å²) < 4.78 is 7.55. The van der Waals surface area contributed by atoms with Crippen LogP contribution in [0.3, 0.4) is 0 Å². The Kier molecular flexibility index (Phi) is 3.60. The van der Waals surface area contributed by atoms with Crippen molar-refractivity contribution < 1.29 is 4.74 Å². The molecule has 0 N–H and O–H groups in total. The lowest BCUT2D eigenvalue weighted by atomic mass is 10.4. The molecule has 0 spiro atoms. The van der Waals surface area contributed by atoms with Crippen molar-refractivity contribution in [1.82, 2.24) is 9.38 Å². The topological polar surface area (TPSA) is 43.6 Å². The lowest BCUT2D eigenvalue weighted by molar-refractivity contribution is 0.338. The average molecular weight is 348 g/mol. The Balaban J connectivity index is 2.55. The van der Waals surface area contributed by atoms with Gasteiger partial charge in [0.25, 0.3) is 5.56 Å². The number of hydrogen-bond donors (Lipinski definition) is 0. The van der Waals surface area contributed by atoms with E-state index in [-0.39, 0.29) is 11.3 Å². The molecule has 0 amide bonds. The molecule has 2 heterocycles. The van der Waals surface area contributed by atoms with Crippen LogP contribution >= 0.6 is 31.9 Å². The van der Waals surface area contributed by atoms with E-state index in [0.29, 0.717) is 17.6 Å². The van der Waals surface area contributed by atoms with Gasteiger partial charge in [0.1, 0.15) is 5.65 Å². The van der Waals surface area contributed by atoms with Gasteiger partial charge >= 0.3 is 0 Å². The van der Waals surface area contributed by atoms with Gasteiger partial charge in [0.2, 0.25) is 5.75 Å². The lowest BCUT2D eigenvalue weighted by Crippen LogP contribution is -2.18. The first kappa shape index (κ1) is 11.6. The van der Waals surface area contributed by atoms with Gasteiger partial charge in [-0.25, -0.2) is 4.98 Å². The molecule has 16 heavy (non-hydrogen) atoms. The fourth-order valence-electron chi connectivity index (χ4n) is 1.28. The molecule has 0 atom stereocenters. The molecule has 0 aromatic carbocycles. The molecule has 0 unspecified atom stereocenters. The zero-order chi connectivity index (χ0) is 11.5. The number of hydrogen-bond acceptors (Lipinski definition) is 3. The molecule has 6 heteroatoms. The molecule has 2 aromatic rings. The second-order valence-electron chi connectivity index (χ2n) is 3.04. The van der Waals surface area contributed by atoms with Crippen molar-refractivity contribution in [3.05, 3.63) is 39.4 Å². The molecule has 0 aliphatic heterocycles. The summed E-state index contributed by atoms with van der Waals surface area (Å²) in [5, 5.41) is 0.674. The monoisotopic (exact) mass is 346 g/mol. The molecule has 0 aliphatic rings. The summed E-state index contributed by atoms with van der Waals surface area (Å²) in [6.45, 7) is 0.441. The molecular formula is C10H8Br2N2O2. The van der Waals surface area contributed by atoms with Gasteiger partial charge in [-0.15, -0.1) is 0 Å². The van der Waals surface area contributed by atoms with Gasteiger partial charge in [-0.2, -0.15) is 0 Å². The number of halogens is 2. The predicted molar refractivity (Wildman–Crippen MR) is 68.5 cm³/mol. The van der Waals surface area contributed by atoms with Crippen LogP contribution in [0.15, 0.2) is 33.8 Å². The molecule has 0 radical (unpaired) electrons. The Morgan fingerprint density at radius 1 is 1.44 bits per heavy atom. The molecule has 4 nitrogen and oxygen atoms in total. The second-order valence-corrected chi connectivity index (χ2v) is 4.75. The van der Waals surface area contributed by atoms with Crippen molar-refractivity contribution in [1.29, 1.82) is 0 Å². The van der Waals surface area contributed by atoms with Crippen molar-refractivity contribution in [3.63, 3.8) is 0 Å². The van der Waals surface area contributed by atoms with Crippen LogP contribution in [-0.4, -0.2) is 21.3 Å². The standard InChI is InChI=1S/C10H8Br2N2O2/c11-3-4-16-8-5-13-9-2-1-7(12)6-14(9)10(8)15/h1-2,5-6H,3-4H2. The third kappa shape index (κ3) is 2.27. The summed E-state index contributed by atoms with van der Waals surface area (Å²) in [6.07, 6.45) is 3.12. The smallest absolute Gasteiger partial charge is 0.300 e. The van der Waals surface area contributed by atoms with Crippen molar-refractivity contribution >= 4 is 37.5 Å². The first-order valence-electron chi connectivity index (χ1n) is 4.58. The minimum Gasteiger partial charge on any atom is -0.486 e. The molecule has 0 saturated heterocycles. The first-order chi connectivity index (χ1) is 7.72. The molecule has 2 aromatic heterocycles. The quantitative estimate of drug-likeness (QED) is 0.800. The van der Waals surface area contributed by atoms with E-state index in [1.807, 2.05) is 6.07 Å². The van der Waals surface area contributed by atoms with Gasteiger partial charge in [0, 0.05) is 16.0 Å². The Bertz CT molecular complexity index is 568. The van der Waals surface area contributed by atoms with E-state index in [1.54, 1.807) is 12.3 Å².